The predicted octanol–water partition coefficient (Wildman–Crippen LogP) is 3.09. The molecule has 0 amide bonds. The van der Waals surface area contributed by atoms with Crippen LogP contribution in [0, 0.1) is 0 Å². The van der Waals surface area contributed by atoms with Crippen LogP contribution in [-0.4, -0.2) is 23.3 Å². The Morgan fingerprint density at radius 1 is 1.16 bits per heavy atom. The lowest BCUT2D eigenvalue weighted by Crippen LogP contribution is -2.46. The normalized spacial score (nSPS) is 25.3. The third kappa shape index (κ3) is 3.13. The minimum absolute atomic E-state index is 0.458. The van der Waals surface area contributed by atoms with Gasteiger partial charge in [0, 0.05) is 17.6 Å². The second kappa shape index (κ2) is 5.43. The van der Waals surface area contributed by atoms with E-state index in [1.807, 2.05) is 6.07 Å². The second-order valence-corrected chi connectivity index (χ2v) is 6.62. The smallest absolute Gasteiger partial charge is 0.0771 e. The van der Waals surface area contributed by atoms with Crippen molar-refractivity contribution in [3.8, 4) is 0 Å². The van der Waals surface area contributed by atoms with E-state index in [1.54, 1.807) is 0 Å². The van der Waals surface area contributed by atoms with Gasteiger partial charge in [-0.3, -0.25) is 0 Å². The number of aliphatic hydroxyl groups is 1. The zero-order valence-corrected chi connectivity index (χ0v) is 12.0. The molecule has 1 unspecified atom stereocenters. The summed E-state index contributed by atoms with van der Waals surface area (Å²) in [5, 5.41) is 14.9. The highest BCUT2D eigenvalue weighted by atomic mass is 35.5. The van der Waals surface area contributed by atoms with Crippen LogP contribution in [0.5, 0.6) is 0 Å². The van der Waals surface area contributed by atoms with Gasteiger partial charge < -0.3 is 10.4 Å². The quantitative estimate of drug-likeness (QED) is 0.891. The summed E-state index contributed by atoms with van der Waals surface area (Å²) >= 11 is 6.03. The van der Waals surface area contributed by atoms with Crippen LogP contribution in [0.25, 0.3) is 0 Å². The molecule has 0 bridgehead atoms. The third-order valence-electron chi connectivity index (χ3n) is 4.60. The molecule has 0 radical (unpaired) electrons. The van der Waals surface area contributed by atoms with E-state index in [-0.39, 0.29) is 0 Å². The molecule has 3 rings (SSSR count). The van der Waals surface area contributed by atoms with Gasteiger partial charge in [0.1, 0.15) is 0 Å². The molecule has 1 fully saturated rings. The van der Waals surface area contributed by atoms with E-state index in [1.165, 1.54) is 30.4 Å². The molecule has 2 nitrogen and oxygen atoms in total. The van der Waals surface area contributed by atoms with Crippen molar-refractivity contribution in [1.29, 1.82) is 0 Å². The lowest BCUT2D eigenvalue weighted by molar-refractivity contribution is 0.00287. The number of hydrogen-bond donors (Lipinski definition) is 2. The Morgan fingerprint density at radius 2 is 1.89 bits per heavy atom. The maximum atomic E-state index is 10.5. The van der Waals surface area contributed by atoms with Crippen molar-refractivity contribution in [2.45, 2.75) is 56.6 Å². The van der Waals surface area contributed by atoms with Gasteiger partial charge in [-0.05, 0) is 48.9 Å². The molecule has 1 atom stereocenters. The largest absolute Gasteiger partial charge is 0.389 e. The van der Waals surface area contributed by atoms with Crippen LogP contribution in [0.2, 0.25) is 5.02 Å². The maximum Gasteiger partial charge on any atom is 0.0771 e. The van der Waals surface area contributed by atoms with Gasteiger partial charge in [0.25, 0.3) is 0 Å². The van der Waals surface area contributed by atoms with Crippen molar-refractivity contribution in [2.24, 2.45) is 0 Å². The van der Waals surface area contributed by atoms with Crippen LogP contribution in [-0.2, 0) is 12.8 Å². The van der Waals surface area contributed by atoms with E-state index >= 15 is 0 Å². The Bertz CT molecular complexity index is 454. The Kier molecular flexibility index (Phi) is 3.84. The zero-order valence-electron chi connectivity index (χ0n) is 11.3. The van der Waals surface area contributed by atoms with Crippen molar-refractivity contribution in [2.75, 3.05) is 6.54 Å². The summed E-state index contributed by atoms with van der Waals surface area (Å²) in [4.78, 5) is 0. The molecule has 2 aliphatic rings. The lowest BCUT2D eigenvalue weighted by atomic mass is 9.84. The summed E-state index contributed by atoms with van der Waals surface area (Å²) in [7, 11) is 0. The first-order chi connectivity index (χ1) is 9.15. The van der Waals surface area contributed by atoms with Gasteiger partial charge in [0.2, 0.25) is 0 Å². The van der Waals surface area contributed by atoms with Gasteiger partial charge >= 0.3 is 0 Å². The molecule has 0 heterocycles. The van der Waals surface area contributed by atoms with Gasteiger partial charge in [-0.1, -0.05) is 36.9 Å². The Labute approximate surface area is 120 Å². The van der Waals surface area contributed by atoms with Crippen LogP contribution in [0.15, 0.2) is 18.2 Å². The highest BCUT2D eigenvalue weighted by Gasteiger charge is 2.30. The number of fused-ring (bicyclic) bond motifs is 1. The van der Waals surface area contributed by atoms with Crippen molar-refractivity contribution in [3.05, 3.63) is 34.3 Å². The Balaban J connectivity index is 1.55. The van der Waals surface area contributed by atoms with Crippen LogP contribution in [0.4, 0.5) is 0 Å². The standard InChI is InChI=1S/C16H22ClNO/c17-14-5-4-12-9-15(10-13(12)8-14)18-11-16(19)6-2-1-3-7-16/h4-5,8,15,18-19H,1-3,6-7,9-11H2. The monoisotopic (exact) mass is 279 g/mol. The van der Waals surface area contributed by atoms with Crippen molar-refractivity contribution < 1.29 is 5.11 Å². The van der Waals surface area contributed by atoms with E-state index in [0.29, 0.717) is 6.04 Å². The Hall–Kier alpha value is -0.570. The van der Waals surface area contributed by atoms with Gasteiger partial charge in [0.15, 0.2) is 0 Å². The first-order valence-corrected chi connectivity index (χ1v) is 7.76. The molecule has 0 saturated heterocycles. The first-order valence-electron chi connectivity index (χ1n) is 7.38. The number of rotatable bonds is 3. The fraction of sp³-hybridized carbons (Fsp3) is 0.625. The maximum absolute atomic E-state index is 10.5. The first kappa shape index (κ1) is 13.4. The Morgan fingerprint density at radius 3 is 2.68 bits per heavy atom. The predicted molar refractivity (Wildman–Crippen MR) is 78.7 cm³/mol. The highest BCUT2D eigenvalue weighted by Crippen LogP contribution is 2.29. The molecule has 2 N–H and O–H groups in total. The molecular formula is C16H22ClNO. The number of hydrogen-bond acceptors (Lipinski definition) is 2. The topological polar surface area (TPSA) is 32.3 Å². The minimum atomic E-state index is -0.468. The second-order valence-electron chi connectivity index (χ2n) is 6.18. The minimum Gasteiger partial charge on any atom is -0.389 e. The van der Waals surface area contributed by atoms with E-state index in [0.717, 1.165) is 37.3 Å². The van der Waals surface area contributed by atoms with Gasteiger partial charge in [-0.15, -0.1) is 0 Å². The molecule has 19 heavy (non-hydrogen) atoms. The average molecular weight is 280 g/mol. The highest BCUT2D eigenvalue weighted by molar-refractivity contribution is 6.30. The zero-order chi connectivity index (χ0) is 13.3. The average Bonchev–Trinajstić information content (AvgIpc) is 2.79. The molecule has 0 aromatic heterocycles. The van der Waals surface area contributed by atoms with Gasteiger partial charge in [-0.2, -0.15) is 0 Å². The summed E-state index contributed by atoms with van der Waals surface area (Å²) in [5.41, 5.74) is 2.29. The van der Waals surface area contributed by atoms with Crippen molar-refractivity contribution in [1.82, 2.24) is 5.32 Å². The molecule has 2 aliphatic carbocycles. The van der Waals surface area contributed by atoms with Gasteiger partial charge in [0.05, 0.1) is 5.60 Å². The number of benzene rings is 1. The molecular weight excluding hydrogens is 258 g/mol. The molecule has 1 saturated carbocycles. The van der Waals surface area contributed by atoms with E-state index in [2.05, 4.69) is 17.4 Å². The fourth-order valence-electron chi connectivity index (χ4n) is 3.45. The molecule has 0 aliphatic heterocycles. The fourth-order valence-corrected chi connectivity index (χ4v) is 3.65. The van der Waals surface area contributed by atoms with Crippen LogP contribution < -0.4 is 5.32 Å². The summed E-state index contributed by atoms with van der Waals surface area (Å²) in [5.74, 6) is 0. The lowest BCUT2D eigenvalue weighted by Gasteiger charge is -2.33. The van der Waals surface area contributed by atoms with Gasteiger partial charge in [-0.25, -0.2) is 0 Å². The molecule has 1 aromatic rings. The summed E-state index contributed by atoms with van der Waals surface area (Å²) < 4.78 is 0. The molecule has 0 spiro atoms. The van der Waals surface area contributed by atoms with E-state index < -0.39 is 5.60 Å². The SMILES string of the molecule is OC1(CNC2Cc3ccc(Cl)cc3C2)CCCCC1. The van der Waals surface area contributed by atoms with Crippen LogP contribution in [0.1, 0.15) is 43.2 Å². The van der Waals surface area contributed by atoms with Crippen molar-refractivity contribution in [3.63, 3.8) is 0 Å². The molecule has 3 heteroatoms. The van der Waals surface area contributed by atoms with E-state index in [9.17, 15) is 5.11 Å². The van der Waals surface area contributed by atoms with Crippen LogP contribution in [0.3, 0.4) is 0 Å². The molecule has 1 aromatic carbocycles. The third-order valence-corrected chi connectivity index (χ3v) is 4.84. The van der Waals surface area contributed by atoms with E-state index in [4.69, 9.17) is 11.6 Å². The summed E-state index contributed by atoms with van der Waals surface area (Å²) in [6.07, 6.45) is 7.60. The summed E-state index contributed by atoms with van der Waals surface area (Å²) in [6.45, 7) is 0.736. The van der Waals surface area contributed by atoms with Crippen LogP contribution >= 0.6 is 11.6 Å². The van der Waals surface area contributed by atoms with Crippen molar-refractivity contribution >= 4 is 11.6 Å². The number of nitrogens with one attached hydrogen (secondary N) is 1. The number of halogens is 1. The summed E-state index contributed by atoms with van der Waals surface area (Å²) in [6, 6.07) is 6.64. The molecule has 104 valence electrons.